The summed E-state index contributed by atoms with van der Waals surface area (Å²) in [4.78, 5) is 30.6. The number of rotatable bonds is 8. The van der Waals surface area contributed by atoms with E-state index in [1.807, 2.05) is 0 Å². The van der Waals surface area contributed by atoms with Gasteiger partial charge in [-0.3, -0.25) is 9.59 Å². The molecule has 1 aliphatic rings. The van der Waals surface area contributed by atoms with Gasteiger partial charge in [-0.15, -0.1) is 5.10 Å². The molecule has 1 fully saturated rings. The molecule has 2 N–H and O–H groups in total. The maximum Gasteiger partial charge on any atom is 0.461 e. The number of pyridine rings is 1. The predicted molar refractivity (Wildman–Crippen MR) is 138 cm³/mol. The fourth-order valence-corrected chi connectivity index (χ4v) is 4.41. The van der Waals surface area contributed by atoms with Crippen molar-refractivity contribution in [3.63, 3.8) is 0 Å². The van der Waals surface area contributed by atoms with Gasteiger partial charge in [0.05, 0.1) is 28.5 Å². The standard InChI is InChI=1S/C24H18Cl2F5N9O2/c1-11-7-12(25)8-15(20(41)33-13-4-5-13)18(11)34-21(42)17-9-14(36-40(17)19-16(26)3-2-6-32-19)10-39-22(35-37-38-39)23(27,28)24(29,30)31/h2-3,6-9,13H,4-5,10H2,1H3,(H,33,41)(H,34,42). The fraction of sp³-hybridized carbons (Fsp3) is 0.292. The third kappa shape index (κ3) is 5.76. The molecule has 2 amide bonds. The number of amides is 2. The third-order valence-corrected chi connectivity index (χ3v) is 6.62. The Morgan fingerprint density at radius 3 is 2.50 bits per heavy atom. The number of nitrogens with zero attached hydrogens (tertiary/aromatic N) is 7. The number of aryl methyl sites for hydroxylation is 1. The van der Waals surface area contributed by atoms with E-state index in [1.54, 1.807) is 6.92 Å². The molecule has 18 heteroatoms. The van der Waals surface area contributed by atoms with Crippen LogP contribution in [0.4, 0.5) is 27.6 Å². The van der Waals surface area contributed by atoms with Crippen LogP contribution in [0.5, 0.6) is 0 Å². The average Bonchev–Trinajstić information content (AvgIpc) is 3.42. The number of carbonyl (C=O) groups excluding carboxylic acids is 2. The van der Waals surface area contributed by atoms with Crippen LogP contribution < -0.4 is 10.6 Å². The van der Waals surface area contributed by atoms with E-state index >= 15 is 0 Å². The van der Waals surface area contributed by atoms with Gasteiger partial charge in [0.2, 0.25) is 5.82 Å². The smallest absolute Gasteiger partial charge is 0.349 e. The van der Waals surface area contributed by atoms with Gasteiger partial charge in [-0.1, -0.05) is 23.2 Å². The van der Waals surface area contributed by atoms with Crippen LogP contribution in [0.3, 0.4) is 0 Å². The summed E-state index contributed by atoms with van der Waals surface area (Å²) in [5.41, 5.74) is 0.247. The van der Waals surface area contributed by atoms with Crippen molar-refractivity contribution in [3.05, 3.63) is 74.9 Å². The van der Waals surface area contributed by atoms with Crippen LogP contribution in [0, 0.1) is 6.92 Å². The summed E-state index contributed by atoms with van der Waals surface area (Å²) >= 11 is 12.4. The first-order valence-electron chi connectivity index (χ1n) is 12.1. The van der Waals surface area contributed by atoms with Crippen LogP contribution >= 0.6 is 23.2 Å². The third-order valence-electron chi connectivity index (χ3n) is 6.11. The zero-order valence-corrected chi connectivity index (χ0v) is 22.8. The summed E-state index contributed by atoms with van der Waals surface area (Å²) in [6.45, 7) is 0.842. The molecular formula is C24H18Cl2F5N9O2. The van der Waals surface area contributed by atoms with Gasteiger partial charge in [-0.2, -0.15) is 27.1 Å². The van der Waals surface area contributed by atoms with Gasteiger partial charge in [0.1, 0.15) is 5.69 Å². The molecule has 1 aromatic carbocycles. The minimum absolute atomic E-state index is 0.0107. The average molecular weight is 630 g/mol. The second-order valence-electron chi connectivity index (χ2n) is 9.32. The van der Waals surface area contributed by atoms with Crippen molar-refractivity contribution in [1.29, 1.82) is 0 Å². The van der Waals surface area contributed by atoms with Crippen LogP contribution in [0.2, 0.25) is 10.0 Å². The fourth-order valence-electron chi connectivity index (χ4n) is 3.94. The minimum atomic E-state index is -5.97. The molecule has 1 saturated carbocycles. The van der Waals surface area contributed by atoms with Crippen molar-refractivity contribution in [2.75, 3.05) is 5.32 Å². The van der Waals surface area contributed by atoms with E-state index in [0.717, 1.165) is 23.6 Å². The molecule has 42 heavy (non-hydrogen) atoms. The zero-order valence-electron chi connectivity index (χ0n) is 21.3. The lowest BCUT2D eigenvalue weighted by Crippen LogP contribution is -2.36. The van der Waals surface area contributed by atoms with Gasteiger partial charge in [-0.25, -0.2) is 14.3 Å². The molecular weight excluding hydrogens is 612 g/mol. The second-order valence-corrected chi connectivity index (χ2v) is 10.2. The van der Waals surface area contributed by atoms with Crippen molar-refractivity contribution in [2.45, 2.75) is 44.5 Å². The number of tetrazole rings is 1. The Bertz CT molecular complexity index is 1680. The summed E-state index contributed by atoms with van der Waals surface area (Å²) < 4.78 is 68.2. The van der Waals surface area contributed by atoms with Crippen LogP contribution in [-0.4, -0.2) is 59.0 Å². The van der Waals surface area contributed by atoms with Gasteiger partial charge in [0.25, 0.3) is 11.8 Å². The summed E-state index contributed by atoms with van der Waals surface area (Å²) in [7, 11) is 0. The Kier molecular flexibility index (Phi) is 7.61. The topological polar surface area (TPSA) is 133 Å². The van der Waals surface area contributed by atoms with Gasteiger partial charge in [-0.05, 0) is 66.1 Å². The molecule has 0 aliphatic heterocycles. The van der Waals surface area contributed by atoms with Crippen LogP contribution in [0.1, 0.15) is 50.8 Å². The molecule has 0 unspecified atom stereocenters. The Hall–Kier alpha value is -4.18. The largest absolute Gasteiger partial charge is 0.461 e. The Morgan fingerprint density at radius 1 is 1.10 bits per heavy atom. The van der Waals surface area contributed by atoms with E-state index in [1.165, 1.54) is 30.5 Å². The van der Waals surface area contributed by atoms with Crippen molar-refractivity contribution in [1.82, 2.24) is 40.3 Å². The zero-order chi connectivity index (χ0) is 30.4. The minimum Gasteiger partial charge on any atom is -0.349 e. The van der Waals surface area contributed by atoms with Crippen molar-refractivity contribution in [3.8, 4) is 5.82 Å². The second kappa shape index (κ2) is 10.9. The first-order valence-corrected chi connectivity index (χ1v) is 12.8. The molecule has 220 valence electrons. The van der Waals surface area contributed by atoms with Gasteiger partial charge >= 0.3 is 12.1 Å². The number of nitrogens with one attached hydrogen (secondary N) is 2. The van der Waals surface area contributed by atoms with Crippen LogP contribution in [0.25, 0.3) is 5.82 Å². The van der Waals surface area contributed by atoms with Gasteiger partial charge < -0.3 is 10.6 Å². The van der Waals surface area contributed by atoms with Crippen molar-refractivity contribution in [2.24, 2.45) is 0 Å². The lowest BCUT2D eigenvalue weighted by Gasteiger charge is -2.18. The summed E-state index contributed by atoms with van der Waals surface area (Å²) in [6, 6.07) is 7.00. The highest BCUT2D eigenvalue weighted by Gasteiger charge is 2.62. The number of benzene rings is 1. The van der Waals surface area contributed by atoms with E-state index in [-0.39, 0.29) is 49.2 Å². The SMILES string of the molecule is Cc1cc(Cl)cc(C(=O)NC2CC2)c1NC(=O)c1cc(Cn2nnnc2C(F)(F)C(F)(F)F)nn1-c1ncccc1Cl. The number of halogens is 7. The number of anilines is 1. The Morgan fingerprint density at radius 2 is 1.83 bits per heavy atom. The predicted octanol–water partition coefficient (Wildman–Crippen LogP) is 4.72. The maximum absolute atomic E-state index is 14.0. The lowest BCUT2D eigenvalue weighted by molar-refractivity contribution is -0.293. The van der Waals surface area contributed by atoms with Crippen molar-refractivity contribution < 1.29 is 31.5 Å². The molecule has 0 saturated heterocycles. The molecule has 3 heterocycles. The number of carbonyl (C=O) groups is 2. The molecule has 3 aromatic heterocycles. The van der Waals surface area contributed by atoms with Crippen LogP contribution in [0.15, 0.2) is 36.5 Å². The van der Waals surface area contributed by atoms with Crippen LogP contribution in [-0.2, 0) is 12.5 Å². The quantitative estimate of drug-likeness (QED) is 0.270. The molecule has 0 spiro atoms. The monoisotopic (exact) mass is 629 g/mol. The highest BCUT2D eigenvalue weighted by Crippen LogP contribution is 2.42. The van der Waals surface area contributed by atoms with Gasteiger partial charge in [0.15, 0.2) is 5.82 Å². The highest BCUT2D eigenvalue weighted by atomic mass is 35.5. The number of alkyl halides is 5. The Balaban J connectivity index is 1.54. The van der Waals surface area contributed by atoms with Crippen molar-refractivity contribution >= 4 is 40.7 Å². The molecule has 11 nitrogen and oxygen atoms in total. The molecule has 4 aromatic rings. The summed E-state index contributed by atoms with van der Waals surface area (Å²) in [5.74, 6) is -8.48. The molecule has 1 aliphatic carbocycles. The van der Waals surface area contributed by atoms with E-state index in [9.17, 15) is 31.5 Å². The van der Waals surface area contributed by atoms with E-state index in [0.29, 0.717) is 5.56 Å². The normalized spacial score (nSPS) is 13.7. The number of aromatic nitrogens is 7. The first-order chi connectivity index (χ1) is 19.8. The maximum atomic E-state index is 14.0. The van der Waals surface area contributed by atoms with E-state index < -0.39 is 36.3 Å². The summed E-state index contributed by atoms with van der Waals surface area (Å²) in [6.07, 6.45) is -2.99. The molecule has 0 radical (unpaired) electrons. The number of hydrogen-bond acceptors (Lipinski definition) is 7. The number of hydrogen-bond donors (Lipinski definition) is 2. The lowest BCUT2D eigenvalue weighted by atomic mass is 10.1. The van der Waals surface area contributed by atoms with E-state index in [4.69, 9.17) is 23.2 Å². The molecule has 0 bridgehead atoms. The Labute approximate surface area is 243 Å². The van der Waals surface area contributed by atoms with Gasteiger partial charge in [0, 0.05) is 17.3 Å². The highest BCUT2D eigenvalue weighted by molar-refractivity contribution is 6.32. The van der Waals surface area contributed by atoms with E-state index in [2.05, 4.69) is 36.2 Å². The molecule has 0 atom stereocenters. The first kappa shape index (κ1) is 29.3. The molecule has 5 rings (SSSR count). The summed E-state index contributed by atoms with van der Waals surface area (Å²) in [5, 5.41) is 19.0.